The summed E-state index contributed by atoms with van der Waals surface area (Å²) in [6, 6.07) is 11.8. The third-order valence-electron chi connectivity index (χ3n) is 3.72. The molecule has 0 amide bonds. The van der Waals surface area contributed by atoms with Crippen LogP contribution in [0.5, 0.6) is 0 Å². The summed E-state index contributed by atoms with van der Waals surface area (Å²) in [5, 5.41) is 5.20. The molecule has 2 aromatic heterocycles. The zero-order valence-corrected chi connectivity index (χ0v) is 14.5. The van der Waals surface area contributed by atoms with Crippen LogP contribution < -0.4 is 11.3 Å². The van der Waals surface area contributed by atoms with Gasteiger partial charge in [-0.1, -0.05) is 48.6 Å². The van der Waals surface area contributed by atoms with E-state index in [1.54, 1.807) is 6.07 Å². The number of nitrogens with zero attached hydrogens (tertiary/aromatic N) is 4. The van der Waals surface area contributed by atoms with Gasteiger partial charge in [0, 0.05) is 32.2 Å². The van der Waals surface area contributed by atoms with Crippen LogP contribution in [0.1, 0.15) is 23.2 Å². The van der Waals surface area contributed by atoms with E-state index in [0.717, 1.165) is 30.2 Å². The van der Waals surface area contributed by atoms with Crippen LogP contribution in [-0.4, -0.2) is 32.6 Å². The molecule has 0 spiro atoms. The highest BCUT2D eigenvalue weighted by Gasteiger charge is 2.12. The summed E-state index contributed by atoms with van der Waals surface area (Å²) in [5.74, 6) is 0. The molecular formula is C17H21N5OS. The van der Waals surface area contributed by atoms with E-state index in [1.807, 2.05) is 25.1 Å². The minimum atomic E-state index is -0.127. The van der Waals surface area contributed by atoms with E-state index < -0.39 is 0 Å². The minimum absolute atomic E-state index is 0.127. The number of benzene rings is 1. The Morgan fingerprint density at radius 3 is 2.75 bits per heavy atom. The lowest BCUT2D eigenvalue weighted by atomic mass is 10.2. The molecule has 24 heavy (non-hydrogen) atoms. The minimum Gasteiger partial charge on any atom is -0.329 e. The first-order valence-corrected chi connectivity index (χ1v) is 8.86. The maximum Gasteiger partial charge on any atom is 0.275 e. The molecular weight excluding hydrogens is 322 g/mol. The molecule has 3 rings (SSSR count). The number of hydrogen-bond acceptors (Lipinski definition) is 6. The van der Waals surface area contributed by atoms with Crippen LogP contribution >= 0.6 is 11.3 Å². The molecule has 0 saturated carbocycles. The number of rotatable bonds is 7. The highest BCUT2D eigenvalue weighted by Crippen LogP contribution is 2.13. The molecule has 3 aromatic rings. The molecule has 0 atom stereocenters. The first kappa shape index (κ1) is 16.8. The van der Waals surface area contributed by atoms with Gasteiger partial charge in [-0.05, 0) is 12.0 Å². The average Bonchev–Trinajstić information content (AvgIpc) is 3.00. The lowest BCUT2D eigenvalue weighted by Gasteiger charge is -2.21. The van der Waals surface area contributed by atoms with Gasteiger partial charge in [0.25, 0.3) is 5.56 Å². The molecule has 0 aliphatic rings. The first-order valence-electron chi connectivity index (χ1n) is 8.04. The molecule has 0 saturated heterocycles. The van der Waals surface area contributed by atoms with E-state index in [2.05, 4.69) is 27.1 Å². The first-order chi connectivity index (χ1) is 11.7. The van der Waals surface area contributed by atoms with Crippen LogP contribution in [0.3, 0.4) is 0 Å². The molecule has 6 nitrogen and oxygen atoms in total. The highest BCUT2D eigenvalue weighted by molar-refractivity contribution is 7.16. The van der Waals surface area contributed by atoms with Gasteiger partial charge < -0.3 is 5.73 Å². The molecule has 2 heterocycles. The summed E-state index contributed by atoms with van der Waals surface area (Å²) in [4.78, 5) is 19.7. The van der Waals surface area contributed by atoms with Crippen molar-refractivity contribution >= 4 is 16.3 Å². The Morgan fingerprint density at radius 2 is 2.04 bits per heavy atom. The molecule has 0 aliphatic carbocycles. The molecule has 0 fully saturated rings. The second-order valence-electron chi connectivity index (χ2n) is 5.61. The fourth-order valence-corrected chi connectivity index (χ4v) is 3.44. The summed E-state index contributed by atoms with van der Waals surface area (Å²) in [6.45, 7) is 4.71. The van der Waals surface area contributed by atoms with E-state index in [-0.39, 0.29) is 5.56 Å². The fraction of sp³-hybridized carbons (Fsp3) is 0.353. The van der Waals surface area contributed by atoms with Gasteiger partial charge in [0.05, 0.1) is 5.69 Å². The Bertz CT molecular complexity index is 858. The molecule has 0 aliphatic heterocycles. The van der Waals surface area contributed by atoms with Crippen LogP contribution in [0.15, 0.2) is 41.2 Å². The molecule has 1 aromatic carbocycles. The quantitative estimate of drug-likeness (QED) is 0.706. The van der Waals surface area contributed by atoms with Crippen molar-refractivity contribution in [1.82, 2.24) is 19.5 Å². The van der Waals surface area contributed by atoms with Crippen molar-refractivity contribution in [2.45, 2.75) is 26.4 Å². The molecule has 0 unspecified atom stereocenters. The fourth-order valence-electron chi connectivity index (χ4n) is 2.59. The van der Waals surface area contributed by atoms with Crippen LogP contribution in [0.2, 0.25) is 0 Å². The Hall–Kier alpha value is -2.09. The Kier molecular flexibility index (Phi) is 5.34. The topological polar surface area (TPSA) is 76.5 Å². The SMILES string of the molecule is CCc1nn2c(=O)cc(CN(CCN)Cc3ccccc3)nc2s1. The summed E-state index contributed by atoms with van der Waals surface area (Å²) < 4.78 is 1.39. The summed E-state index contributed by atoms with van der Waals surface area (Å²) in [6.07, 6.45) is 0.802. The smallest absolute Gasteiger partial charge is 0.275 e. The number of fused-ring (bicyclic) bond motifs is 1. The van der Waals surface area contributed by atoms with Crippen molar-refractivity contribution in [2.75, 3.05) is 13.1 Å². The van der Waals surface area contributed by atoms with Gasteiger partial charge in [-0.15, -0.1) is 0 Å². The molecule has 0 radical (unpaired) electrons. The van der Waals surface area contributed by atoms with E-state index in [0.29, 0.717) is 18.1 Å². The van der Waals surface area contributed by atoms with Gasteiger partial charge in [-0.25, -0.2) is 4.98 Å². The van der Waals surface area contributed by atoms with E-state index >= 15 is 0 Å². The Morgan fingerprint density at radius 1 is 1.25 bits per heavy atom. The molecule has 0 bridgehead atoms. The van der Waals surface area contributed by atoms with Crippen molar-refractivity contribution in [2.24, 2.45) is 5.73 Å². The Balaban J connectivity index is 1.83. The van der Waals surface area contributed by atoms with Gasteiger partial charge >= 0.3 is 0 Å². The van der Waals surface area contributed by atoms with Gasteiger partial charge in [0.2, 0.25) is 4.96 Å². The lowest BCUT2D eigenvalue weighted by Crippen LogP contribution is -2.30. The zero-order valence-electron chi connectivity index (χ0n) is 13.7. The Labute approximate surface area is 144 Å². The van der Waals surface area contributed by atoms with Crippen molar-refractivity contribution in [1.29, 1.82) is 0 Å². The standard InChI is InChI=1S/C17H21N5OS/c1-2-15-20-22-16(23)10-14(19-17(22)24-15)12-21(9-8-18)11-13-6-4-3-5-7-13/h3-7,10H,2,8-9,11-12,18H2,1H3. The summed E-state index contributed by atoms with van der Waals surface area (Å²) in [7, 11) is 0. The molecule has 7 heteroatoms. The normalized spacial score (nSPS) is 11.5. The maximum absolute atomic E-state index is 12.3. The number of hydrogen-bond donors (Lipinski definition) is 1. The van der Waals surface area contributed by atoms with Crippen molar-refractivity contribution in [3.05, 3.63) is 63.0 Å². The zero-order chi connectivity index (χ0) is 16.9. The molecule has 126 valence electrons. The van der Waals surface area contributed by atoms with E-state index in [1.165, 1.54) is 21.4 Å². The van der Waals surface area contributed by atoms with Crippen molar-refractivity contribution < 1.29 is 0 Å². The van der Waals surface area contributed by atoms with Gasteiger partial charge in [-0.3, -0.25) is 9.69 Å². The van der Waals surface area contributed by atoms with Crippen LogP contribution in [0.4, 0.5) is 0 Å². The highest BCUT2D eigenvalue weighted by atomic mass is 32.1. The van der Waals surface area contributed by atoms with Gasteiger partial charge in [0.1, 0.15) is 5.01 Å². The van der Waals surface area contributed by atoms with Crippen LogP contribution in [0, 0.1) is 0 Å². The molecule has 2 N–H and O–H groups in total. The van der Waals surface area contributed by atoms with Crippen molar-refractivity contribution in [3.63, 3.8) is 0 Å². The lowest BCUT2D eigenvalue weighted by molar-refractivity contribution is 0.261. The second kappa shape index (κ2) is 7.65. The largest absolute Gasteiger partial charge is 0.329 e. The van der Waals surface area contributed by atoms with Gasteiger partial charge in [-0.2, -0.15) is 9.61 Å². The van der Waals surface area contributed by atoms with Crippen LogP contribution in [-0.2, 0) is 19.5 Å². The monoisotopic (exact) mass is 343 g/mol. The van der Waals surface area contributed by atoms with E-state index in [4.69, 9.17) is 5.73 Å². The van der Waals surface area contributed by atoms with Crippen LogP contribution in [0.25, 0.3) is 4.96 Å². The summed E-state index contributed by atoms with van der Waals surface area (Å²) >= 11 is 1.47. The number of nitrogens with two attached hydrogens (primary N) is 1. The maximum atomic E-state index is 12.3. The predicted molar refractivity (Wildman–Crippen MR) is 96.1 cm³/mol. The predicted octanol–water partition coefficient (Wildman–Crippen LogP) is 1.67. The second-order valence-corrected chi connectivity index (χ2v) is 6.65. The number of aryl methyl sites for hydroxylation is 1. The van der Waals surface area contributed by atoms with Crippen molar-refractivity contribution in [3.8, 4) is 0 Å². The average molecular weight is 343 g/mol. The number of aromatic nitrogens is 3. The third kappa shape index (κ3) is 3.87. The third-order valence-corrected chi connectivity index (χ3v) is 4.78. The van der Waals surface area contributed by atoms with Gasteiger partial charge in [0.15, 0.2) is 0 Å². The van der Waals surface area contributed by atoms with E-state index in [9.17, 15) is 4.79 Å². The summed E-state index contributed by atoms with van der Waals surface area (Å²) in [5.41, 5.74) is 7.59.